The van der Waals surface area contributed by atoms with E-state index in [0.29, 0.717) is 6.61 Å². The van der Waals surface area contributed by atoms with Crippen molar-refractivity contribution in [2.24, 2.45) is 4.99 Å². The van der Waals surface area contributed by atoms with E-state index in [1.807, 2.05) is 14.0 Å². The van der Waals surface area contributed by atoms with E-state index in [4.69, 9.17) is 9.47 Å². The highest BCUT2D eigenvalue weighted by Gasteiger charge is 2.34. The molecule has 0 saturated carbocycles. The summed E-state index contributed by atoms with van der Waals surface area (Å²) in [4.78, 5) is 4.41. The van der Waals surface area contributed by atoms with Crippen LogP contribution in [-0.2, 0) is 16.7 Å². The molecule has 1 aliphatic heterocycles. The Labute approximate surface area is 197 Å². The lowest BCUT2D eigenvalue weighted by Crippen LogP contribution is -2.47. The van der Waals surface area contributed by atoms with Gasteiger partial charge in [0.05, 0.1) is 6.61 Å². The molecule has 0 unspecified atom stereocenters. The maximum Gasteiger partial charge on any atom is 0.191 e. The van der Waals surface area contributed by atoms with Gasteiger partial charge in [-0.1, -0.05) is 42.0 Å². The van der Waals surface area contributed by atoms with Crippen molar-refractivity contribution in [3.05, 3.63) is 65.2 Å². The number of halogens is 1. The highest BCUT2D eigenvalue weighted by molar-refractivity contribution is 14.0. The summed E-state index contributed by atoms with van der Waals surface area (Å²) >= 11 is 0. The summed E-state index contributed by atoms with van der Waals surface area (Å²) < 4.78 is 11.3. The van der Waals surface area contributed by atoms with Gasteiger partial charge < -0.3 is 20.1 Å². The molecule has 0 radical (unpaired) electrons. The monoisotopic (exact) mass is 523 g/mol. The molecule has 0 bridgehead atoms. The number of aryl methyl sites for hydroxylation is 1. The zero-order valence-electron chi connectivity index (χ0n) is 18.2. The summed E-state index contributed by atoms with van der Waals surface area (Å²) in [6.07, 6.45) is 1.98. The van der Waals surface area contributed by atoms with E-state index in [2.05, 4.69) is 71.1 Å². The van der Waals surface area contributed by atoms with Crippen LogP contribution in [0.4, 0.5) is 0 Å². The Morgan fingerprint density at radius 3 is 2.30 bits per heavy atom. The lowest BCUT2D eigenvalue weighted by molar-refractivity contribution is 0.0513. The molecule has 2 aromatic carbocycles. The average molecular weight is 523 g/mol. The predicted octanol–water partition coefficient (Wildman–Crippen LogP) is 4.43. The third-order valence-corrected chi connectivity index (χ3v) is 5.63. The largest absolute Gasteiger partial charge is 0.494 e. The van der Waals surface area contributed by atoms with E-state index in [1.54, 1.807) is 0 Å². The van der Waals surface area contributed by atoms with Crippen molar-refractivity contribution in [2.45, 2.75) is 38.6 Å². The minimum Gasteiger partial charge on any atom is -0.494 e. The van der Waals surface area contributed by atoms with Gasteiger partial charge in [0.1, 0.15) is 5.75 Å². The summed E-state index contributed by atoms with van der Waals surface area (Å²) in [5.74, 6) is 1.74. The highest BCUT2D eigenvalue weighted by atomic mass is 127. The van der Waals surface area contributed by atoms with Crippen LogP contribution >= 0.6 is 24.0 Å². The first kappa shape index (κ1) is 24.5. The minimum absolute atomic E-state index is 0. The van der Waals surface area contributed by atoms with Crippen molar-refractivity contribution >= 4 is 29.9 Å². The molecule has 164 valence electrons. The average Bonchev–Trinajstić information content (AvgIpc) is 2.76. The number of rotatable bonds is 7. The molecular weight excluding hydrogens is 489 g/mol. The molecular formula is C24H34IN3O2. The van der Waals surface area contributed by atoms with E-state index >= 15 is 0 Å². The summed E-state index contributed by atoms with van der Waals surface area (Å²) in [6, 6.07) is 17.1. The molecule has 0 spiro atoms. The summed E-state index contributed by atoms with van der Waals surface area (Å²) in [6.45, 7) is 7.92. The second-order valence-corrected chi connectivity index (χ2v) is 7.62. The maximum absolute atomic E-state index is 5.66. The van der Waals surface area contributed by atoms with Gasteiger partial charge in [0, 0.05) is 38.8 Å². The first-order chi connectivity index (χ1) is 14.1. The number of aliphatic imine (C=N–C) groups is 1. The van der Waals surface area contributed by atoms with E-state index in [-0.39, 0.29) is 29.4 Å². The SMILES string of the molecule is CCOc1ccc(C2(CNC(=NC)NCc3ccc(C)cc3)CCOCC2)cc1.I. The lowest BCUT2D eigenvalue weighted by Gasteiger charge is -2.38. The number of nitrogens with zero attached hydrogens (tertiary/aromatic N) is 1. The van der Waals surface area contributed by atoms with Gasteiger partial charge in [-0.05, 0) is 49.9 Å². The number of nitrogens with one attached hydrogen (secondary N) is 2. The Balaban J connectivity index is 0.00000320. The van der Waals surface area contributed by atoms with Crippen molar-refractivity contribution in [2.75, 3.05) is 33.4 Å². The molecule has 0 amide bonds. The van der Waals surface area contributed by atoms with Crippen molar-refractivity contribution in [1.29, 1.82) is 0 Å². The number of benzene rings is 2. The van der Waals surface area contributed by atoms with Gasteiger partial charge in [0.2, 0.25) is 0 Å². The van der Waals surface area contributed by atoms with E-state index in [1.165, 1.54) is 16.7 Å². The Morgan fingerprint density at radius 1 is 1.03 bits per heavy atom. The van der Waals surface area contributed by atoms with Crippen molar-refractivity contribution < 1.29 is 9.47 Å². The van der Waals surface area contributed by atoms with Crippen LogP contribution in [0.1, 0.15) is 36.5 Å². The van der Waals surface area contributed by atoms with Gasteiger partial charge in [-0.3, -0.25) is 4.99 Å². The van der Waals surface area contributed by atoms with Crippen molar-refractivity contribution in [3.63, 3.8) is 0 Å². The quantitative estimate of drug-likeness (QED) is 0.321. The molecule has 0 aliphatic carbocycles. The molecule has 2 aromatic rings. The van der Waals surface area contributed by atoms with Crippen LogP contribution in [0.3, 0.4) is 0 Å². The fraction of sp³-hybridized carbons (Fsp3) is 0.458. The summed E-state index contributed by atoms with van der Waals surface area (Å²) in [7, 11) is 1.82. The normalized spacial score (nSPS) is 15.8. The van der Waals surface area contributed by atoms with Crippen LogP contribution in [0, 0.1) is 6.92 Å². The number of ether oxygens (including phenoxy) is 2. The van der Waals surface area contributed by atoms with Gasteiger partial charge in [-0.15, -0.1) is 24.0 Å². The first-order valence-electron chi connectivity index (χ1n) is 10.5. The van der Waals surface area contributed by atoms with E-state index < -0.39 is 0 Å². The molecule has 0 atom stereocenters. The molecule has 6 heteroatoms. The van der Waals surface area contributed by atoms with Gasteiger partial charge in [0.25, 0.3) is 0 Å². The highest BCUT2D eigenvalue weighted by Crippen LogP contribution is 2.35. The van der Waals surface area contributed by atoms with Crippen LogP contribution in [0.25, 0.3) is 0 Å². The Hall–Kier alpha value is -1.80. The molecule has 1 saturated heterocycles. The second kappa shape index (κ2) is 12.2. The summed E-state index contributed by atoms with van der Waals surface area (Å²) in [5.41, 5.74) is 3.87. The van der Waals surface area contributed by atoms with Crippen molar-refractivity contribution in [1.82, 2.24) is 10.6 Å². The Bertz CT molecular complexity index is 785. The van der Waals surface area contributed by atoms with Crippen LogP contribution in [-0.4, -0.2) is 39.4 Å². The summed E-state index contributed by atoms with van der Waals surface area (Å²) in [5, 5.41) is 6.98. The maximum atomic E-state index is 5.66. The Morgan fingerprint density at radius 2 is 1.70 bits per heavy atom. The lowest BCUT2D eigenvalue weighted by atomic mass is 9.74. The zero-order valence-corrected chi connectivity index (χ0v) is 20.6. The molecule has 1 aliphatic rings. The van der Waals surface area contributed by atoms with Gasteiger partial charge in [-0.2, -0.15) is 0 Å². The van der Waals surface area contributed by atoms with E-state index in [0.717, 1.165) is 50.9 Å². The fourth-order valence-corrected chi connectivity index (χ4v) is 3.77. The van der Waals surface area contributed by atoms with Gasteiger partial charge in [0.15, 0.2) is 5.96 Å². The minimum atomic E-state index is 0. The molecule has 0 aromatic heterocycles. The van der Waals surface area contributed by atoms with Gasteiger partial charge >= 0.3 is 0 Å². The number of hydrogen-bond acceptors (Lipinski definition) is 3. The van der Waals surface area contributed by atoms with Crippen molar-refractivity contribution in [3.8, 4) is 5.75 Å². The van der Waals surface area contributed by atoms with E-state index in [9.17, 15) is 0 Å². The van der Waals surface area contributed by atoms with Crippen LogP contribution in [0.5, 0.6) is 5.75 Å². The molecule has 1 fully saturated rings. The molecule has 2 N–H and O–H groups in total. The first-order valence-corrected chi connectivity index (χ1v) is 10.5. The molecule has 3 rings (SSSR count). The standard InChI is InChI=1S/C24H33N3O2.HI/c1-4-29-22-11-9-21(10-12-22)24(13-15-28-16-14-24)18-27-23(25-3)26-17-20-7-5-19(2)6-8-20;/h5-12H,4,13-18H2,1-3H3,(H2,25,26,27);1H. The number of hydrogen-bond donors (Lipinski definition) is 2. The van der Waals surface area contributed by atoms with Crippen LogP contribution < -0.4 is 15.4 Å². The Kier molecular flexibility index (Phi) is 9.91. The van der Waals surface area contributed by atoms with Crippen LogP contribution in [0.2, 0.25) is 0 Å². The predicted molar refractivity (Wildman–Crippen MR) is 134 cm³/mol. The molecule has 30 heavy (non-hydrogen) atoms. The second-order valence-electron chi connectivity index (χ2n) is 7.62. The fourth-order valence-electron chi connectivity index (χ4n) is 3.77. The van der Waals surface area contributed by atoms with Gasteiger partial charge in [-0.25, -0.2) is 0 Å². The molecule has 5 nitrogen and oxygen atoms in total. The molecule has 1 heterocycles. The number of guanidine groups is 1. The smallest absolute Gasteiger partial charge is 0.191 e. The van der Waals surface area contributed by atoms with Crippen LogP contribution in [0.15, 0.2) is 53.5 Å². The third kappa shape index (κ3) is 6.60. The third-order valence-electron chi connectivity index (χ3n) is 5.63. The zero-order chi connectivity index (χ0) is 20.5. The topological polar surface area (TPSA) is 54.9 Å².